The molecule has 0 N–H and O–H groups in total. The molecule has 0 aromatic heterocycles. The molecule has 0 aliphatic rings. The highest BCUT2D eigenvalue weighted by Gasteiger charge is 2.35. The van der Waals surface area contributed by atoms with Crippen LogP contribution in [0, 0.1) is 0 Å². The van der Waals surface area contributed by atoms with Crippen molar-refractivity contribution in [2.24, 2.45) is 0 Å². The van der Waals surface area contributed by atoms with Crippen molar-refractivity contribution in [2.75, 3.05) is 39.6 Å². The molecule has 29 heavy (non-hydrogen) atoms. The zero-order valence-electron chi connectivity index (χ0n) is 17.5. The Kier molecular flexibility index (Phi) is 12.7. The average Bonchev–Trinajstić information content (AvgIpc) is 2.65. The van der Waals surface area contributed by atoms with Gasteiger partial charge >= 0.3 is 26.7 Å². The molecule has 0 fully saturated rings. The Morgan fingerprint density at radius 3 is 1.03 bits per heavy atom. The standard InChI is InChI=1S/C19H30O9Si/c1-14(2)17(20)23-8-11-26-29(7,27-12-9-24-18(21)15(3)4)28-13-10-25-19(22)16(5)6/h1,3,5,8-13H2,2,4,6-7H3. The topological polar surface area (TPSA) is 107 Å². The van der Waals surface area contributed by atoms with E-state index in [0.29, 0.717) is 0 Å². The molecule has 0 heterocycles. The van der Waals surface area contributed by atoms with Crippen LogP contribution < -0.4 is 0 Å². The summed E-state index contributed by atoms with van der Waals surface area (Å²) in [5.41, 5.74) is 0.823. The van der Waals surface area contributed by atoms with Gasteiger partial charge < -0.3 is 27.5 Å². The smallest absolute Gasteiger partial charge is 0.460 e. The third kappa shape index (κ3) is 12.7. The zero-order chi connectivity index (χ0) is 22.4. The average molecular weight is 431 g/mol. The third-order valence-corrected chi connectivity index (χ3v) is 5.27. The van der Waals surface area contributed by atoms with Gasteiger partial charge in [-0.2, -0.15) is 0 Å². The fraction of sp³-hybridized carbons (Fsp3) is 0.526. The lowest BCUT2D eigenvalue weighted by Crippen LogP contribution is -2.45. The second-order valence-electron chi connectivity index (χ2n) is 6.16. The minimum Gasteiger partial charge on any atom is -0.460 e. The molecule has 0 atom stereocenters. The Hall–Kier alpha value is -2.27. The highest BCUT2D eigenvalue weighted by atomic mass is 28.4. The van der Waals surface area contributed by atoms with E-state index in [-0.39, 0.29) is 56.4 Å². The van der Waals surface area contributed by atoms with Gasteiger partial charge in [0.2, 0.25) is 0 Å². The van der Waals surface area contributed by atoms with Crippen molar-refractivity contribution in [2.45, 2.75) is 27.3 Å². The van der Waals surface area contributed by atoms with Gasteiger partial charge in [-0.15, -0.1) is 0 Å². The Balaban J connectivity index is 4.54. The predicted octanol–water partition coefficient (Wildman–Crippen LogP) is 1.96. The van der Waals surface area contributed by atoms with Crippen LogP contribution in [0.1, 0.15) is 20.8 Å². The molecule has 0 aromatic rings. The van der Waals surface area contributed by atoms with Gasteiger partial charge in [0.25, 0.3) is 0 Å². The maximum Gasteiger partial charge on any atom is 0.498 e. The number of ether oxygens (including phenoxy) is 3. The first-order chi connectivity index (χ1) is 13.5. The number of carbonyl (C=O) groups is 3. The Morgan fingerprint density at radius 2 is 0.828 bits per heavy atom. The molecule has 0 aliphatic carbocycles. The van der Waals surface area contributed by atoms with Crippen LogP contribution in [-0.4, -0.2) is 66.4 Å². The molecule has 0 rings (SSSR count). The molecule has 0 aromatic carbocycles. The lowest BCUT2D eigenvalue weighted by Gasteiger charge is -2.26. The van der Waals surface area contributed by atoms with Crippen molar-refractivity contribution in [3.05, 3.63) is 36.5 Å². The number of hydrogen-bond donors (Lipinski definition) is 0. The van der Waals surface area contributed by atoms with Gasteiger partial charge in [0.1, 0.15) is 19.8 Å². The van der Waals surface area contributed by atoms with Gasteiger partial charge in [-0.3, -0.25) is 0 Å². The lowest BCUT2D eigenvalue weighted by molar-refractivity contribution is -0.140. The van der Waals surface area contributed by atoms with Crippen LogP contribution in [0.4, 0.5) is 0 Å². The molecule has 0 saturated carbocycles. The maximum atomic E-state index is 11.4. The highest BCUT2D eigenvalue weighted by molar-refractivity contribution is 6.59. The van der Waals surface area contributed by atoms with E-state index in [1.54, 1.807) is 6.55 Å². The SMILES string of the molecule is C=C(C)C(=O)OCCO[Si](C)(OCCOC(=O)C(=C)C)OCCOC(=O)C(=C)C. The third-order valence-electron chi connectivity index (χ3n) is 3.09. The zero-order valence-corrected chi connectivity index (χ0v) is 18.5. The van der Waals surface area contributed by atoms with Crippen molar-refractivity contribution >= 4 is 26.7 Å². The van der Waals surface area contributed by atoms with Crippen LogP contribution in [0.2, 0.25) is 6.55 Å². The molecule has 0 bridgehead atoms. The van der Waals surface area contributed by atoms with Crippen molar-refractivity contribution < 1.29 is 41.9 Å². The molecule has 0 amide bonds. The first-order valence-electron chi connectivity index (χ1n) is 8.88. The summed E-state index contributed by atoms with van der Waals surface area (Å²) in [5, 5.41) is 0. The second-order valence-corrected chi connectivity index (χ2v) is 8.75. The van der Waals surface area contributed by atoms with Crippen LogP contribution >= 0.6 is 0 Å². The molecular weight excluding hydrogens is 400 g/mol. The molecule has 0 unspecified atom stereocenters. The van der Waals surface area contributed by atoms with E-state index in [9.17, 15) is 14.4 Å². The lowest BCUT2D eigenvalue weighted by atomic mass is 10.4. The van der Waals surface area contributed by atoms with E-state index in [2.05, 4.69) is 19.7 Å². The minimum atomic E-state index is -3.19. The van der Waals surface area contributed by atoms with Crippen LogP contribution in [-0.2, 0) is 41.9 Å². The van der Waals surface area contributed by atoms with Crippen molar-refractivity contribution in [1.82, 2.24) is 0 Å². The van der Waals surface area contributed by atoms with Crippen LogP contribution in [0.15, 0.2) is 36.5 Å². The quantitative estimate of drug-likeness (QED) is 0.127. The molecule has 0 radical (unpaired) electrons. The first kappa shape index (κ1) is 26.7. The predicted molar refractivity (Wildman–Crippen MR) is 107 cm³/mol. The summed E-state index contributed by atoms with van der Waals surface area (Å²) in [5.74, 6) is -1.59. The Bertz CT molecular complexity index is 544. The Morgan fingerprint density at radius 1 is 0.586 bits per heavy atom. The summed E-state index contributed by atoms with van der Waals surface area (Å²) in [7, 11) is -3.19. The summed E-state index contributed by atoms with van der Waals surface area (Å²) in [4.78, 5) is 34.2. The minimum absolute atomic E-state index is 0.0176. The van der Waals surface area contributed by atoms with E-state index in [1.165, 1.54) is 20.8 Å². The van der Waals surface area contributed by atoms with E-state index < -0.39 is 26.7 Å². The van der Waals surface area contributed by atoms with Gasteiger partial charge in [0.05, 0.1) is 19.8 Å². The summed E-state index contributed by atoms with van der Waals surface area (Å²) in [6, 6.07) is 0. The first-order valence-corrected chi connectivity index (χ1v) is 11.1. The fourth-order valence-electron chi connectivity index (χ4n) is 1.58. The molecule has 0 saturated heterocycles. The van der Waals surface area contributed by atoms with Crippen LogP contribution in [0.25, 0.3) is 0 Å². The van der Waals surface area contributed by atoms with Gasteiger partial charge in [-0.1, -0.05) is 19.7 Å². The van der Waals surface area contributed by atoms with Gasteiger partial charge in [-0.25, -0.2) is 14.4 Å². The summed E-state index contributed by atoms with van der Waals surface area (Å²) in [6.45, 7) is 16.7. The van der Waals surface area contributed by atoms with Gasteiger partial charge in [0.15, 0.2) is 0 Å². The van der Waals surface area contributed by atoms with Crippen molar-refractivity contribution in [3.63, 3.8) is 0 Å². The van der Waals surface area contributed by atoms with E-state index in [1.807, 2.05) is 0 Å². The molecule has 10 heteroatoms. The largest absolute Gasteiger partial charge is 0.498 e. The molecule has 0 spiro atoms. The fourth-order valence-corrected chi connectivity index (χ4v) is 3.19. The summed E-state index contributed by atoms with van der Waals surface area (Å²) >= 11 is 0. The van der Waals surface area contributed by atoms with Crippen LogP contribution in [0.3, 0.4) is 0 Å². The van der Waals surface area contributed by atoms with Crippen molar-refractivity contribution in [1.29, 1.82) is 0 Å². The van der Waals surface area contributed by atoms with E-state index in [0.717, 1.165) is 0 Å². The molecular formula is C19H30O9Si. The highest BCUT2D eigenvalue weighted by Crippen LogP contribution is 2.10. The number of esters is 3. The second kappa shape index (κ2) is 13.8. The van der Waals surface area contributed by atoms with E-state index >= 15 is 0 Å². The summed E-state index contributed by atoms with van der Waals surface area (Å²) < 4.78 is 31.8. The maximum absolute atomic E-state index is 11.4. The normalized spacial score (nSPS) is 10.8. The molecule has 0 aliphatic heterocycles. The molecule has 164 valence electrons. The molecule has 9 nitrogen and oxygen atoms in total. The summed E-state index contributed by atoms with van der Waals surface area (Å²) in [6.07, 6.45) is 0. The monoisotopic (exact) mass is 430 g/mol. The number of rotatable bonds is 15. The van der Waals surface area contributed by atoms with Gasteiger partial charge in [0, 0.05) is 23.3 Å². The van der Waals surface area contributed by atoms with Crippen molar-refractivity contribution in [3.8, 4) is 0 Å². The number of carbonyl (C=O) groups excluding carboxylic acids is 3. The Labute approximate surface area is 172 Å². The number of hydrogen-bond acceptors (Lipinski definition) is 9. The van der Waals surface area contributed by atoms with E-state index in [4.69, 9.17) is 27.5 Å². The van der Waals surface area contributed by atoms with Gasteiger partial charge in [-0.05, 0) is 20.8 Å². The van der Waals surface area contributed by atoms with Crippen LogP contribution in [0.5, 0.6) is 0 Å².